The molecule has 0 amide bonds. The summed E-state index contributed by atoms with van der Waals surface area (Å²) in [6.45, 7) is 14.4. The smallest absolute Gasteiger partial charge is 0.209 e. The number of aliphatic hydroxyl groups excluding tert-OH is 2. The zero-order valence-corrected chi connectivity index (χ0v) is 28.9. The van der Waals surface area contributed by atoms with E-state index in [0.29, 0.717) is 22.3 Å². The largest absolute Gasteiger partial charge is 0.510 e. The van der Waals surface area contributed by atoms with Crippen LogP contribution in [0, 0.1) is 11.8 Å². The predicted octanol–water partition coefficient (Wildman–Crippen LogP) is 8.38. The molecule has 2 N–H and O–H groups in total. The Labute approximate surface area is 283 Å². The third-order valence-corrected chi connectivity index (χ3v) is 11.2. The summed E-state index contributed by atoms with van der Waals surface area (Å²) in [6, 6.07) is 23.7. The number of aliphatic hydroxyl groups is 2. The zero-order chi connectivity index (χ0) is 34.1. The fourth-order valence-corrected chi connectivity index (χ4v) is 8.65. The minimum absolute atomic E-state index is 0.0916. The summed E-state index contributed by atoms with van der Waals surface area (Å²) in [4.78, 5) is 27.8. The van der Waals surface area contributed by atoms with E-state index in [1.165, 1.54) is 11.1 Å². The van der Waals surface area contributed by atoms with Crippen LogP contribution in [0.1, 0.15) is 89.5 Å². The first-order valence-electron chi connectivity index (χ1n) is 17.5. The van der Waals surface area contributed by atoms with E-state index in [1.54, 1.807) is 24.3 Å². The van der Waals surface area contributed by atoms with E-state index in [9.17, 15) is 19.8 Å². The number of benzene rings is 3. The minimum Gasteiger partial charge on any atom is -0.510 e. The quantitative estimate of drug-likeness (QED) is 0.218. The first-order valence-corrected chi connectivity index (χ1v) is 17.5. The highest BCUT2D eigenvalue weighted by molar-refractivity contribution is 6.38. The number of rotatable bonds is 10. The Morgan fingerprint density at radius 2 is 0.938 bits per heavy atom. The van der Waals surface area contributed by atoms with Gasteiger partial charge in [-0.3, -0.25) is 9.59 Å². The number of para-hydroxylation sites is 2. The molecule has 2 aliphatic heterocycles. The average Bonchev–Trinajstić information content (AvgIpc) is 3.43. The summed E-state index contributed by atoms with van der Waals surface area (Å²) in [5.41, 5.74) is 7.49. The molecule has 0 radical (unpaired) electrons. The Morgan fingerprint density at radius 3 is 1.27 bits per heavy atom. The average molecular weight is 643 g/mol. The molecule has 48 heavy (non-hydrogen) atoms. The van der Waals surface area contributed by atoms with E-state index in [-0.39, 0.29) is 23.1 Å². The number of allylic oxidation sites excluding steroid dienone is 4. The second-order valence-corrected chi connectivity index (χ2v) is 14.8. The molecule has 4 aliphatic rings. The van der Waals surface area contributed by atoms with Crippen molar-refractivity contribution < 1.29 is 29.0 Å². The van der Waals surface area contributed by atoms with Gasteiger partial charge in [0.15, 0.2) is 34.8 Å². The van der Waals surface area contributed by atoms with Gasteiger partial charge in [-0.15, -0.1) is 0 Å². The van der Waals surface area contributed by atoms with Crippen LogP contribution in [0.25, 0.3) is 11.1 Å². The first-order chi connectivity index (χ1) is 23.0. The summed E-state index contributed by atoms with van der Waals surface area (Å²) < 4.78 is 4.49. The van der Waals surface area contributed by atoms with E-state index in [1.807, 2.05) is 24.3 Å². The van der Waals surface area contributed by atoms with Gasteiger partial charge in [0.2, 0.25) is 11.4 Å². The van der Waals surface area contributed by atoms with Crippen molar-refractivity contribution in [3.05, 3.63) is 107 Å². The van der Waals surface area contributed by atoms with Crippen LogP contribution in [0.4, 0.5) is 11.4 Å². The Morgan fingerprint density at radius 1 is 0.583 bits per heavy atom. The lowest BCUT2D eigenvalue weighted by atomic mass is 9.67. The van der Waals surface area contributed by atoms with Crippen molar-refractivity contribution >= 4 is 45.5 Å². The Hall–Kier alpha value is -4.58. The molecular weight excluding hydrogens is 596 g/mol. The number of hydrogen-bond donors (Lipinski definition) is 2. The lowest BCUT2D eigenvalue weighted by Gasteiger charge is -2.32. The summed E-state index contributed by atoms with van der Waals surface area (Å²) in [7, 11) is 0. The molecule has 0 saturated carbocycles. The summed E-state index contributed by atoms with van der Waals surface area (Å²) >= 11 is 0. The van der Waals surface area contributed by atoms with Crippen LogP contribution in [0.2, 0.25) is 0 Å². The van der Waals surface area contributed by atoms with Crippen molar-refractivity contribution in [2.24, 2.45) is 11.8 Å². The second kappa shape index (κ2) is 11.5. The van der Waals surface area contributed by atoms with Crippen molar-refractivity contribution in [2.75, 3.05) is 13.1 Å². The van der Waals surface area contributed by atoms with Crippen LogP contribution in [-0.4, -0.2) is 55.4 Å². The van der Waals surface area contributed by atoms with E-state index >= 15 is 0 Å². The number of carbonyl (C=O) groups is 2. The van der Waals surface area contributed by atoms with Gasteiger partial charge in [-0.05, 0) is 38.8 Å². The maximum atomic E-state index is 13.9. The Bertz CT molecular complexity index is 1860. The number of Topliss-reactive ketones (excluding diaryl/α,β-unsaturated/α-hetero) is 2. The lowest BCUT2D eigenvalue weighted by Crippen LogP contribution is -2.46. The zero-order valence-electron chi connectivity index (χ0n) is 28.9. The van der Waals surface area contributed by atoms with E-state index < -0.39 is 22.7 Å². The number of carbonyl (C=O) groups excluding carboxylic acids is 2. The van der Waals surface area contributed by atoms with Crippen LogP contribution in [0.15, 0.2) is 84.3 Å². The van der Waals surface area contributed by atoms with Crippen LogP contribution < -0.4 is 0 Å². The third-order valence-electron chi connectivity index (χ3n) is 11.2. The van der Waals surface area contributed by atoms with Crippen molar-refractivity contribution in [3.63, 3.8) is 0 Å². The molecule has 0 fully saturated rings. The maximum Gasteiger partial charge on any atom is 0.209 e. The lowest BCUT2D eigenvalue weighted by molar-refractivity contribution is -0.441. The summed E-state index contributed by atoms with van der Waals surface area (Å²) in [5, 5.41) is 23.0. The van der Waals surface area contributed by atoms with E-state index in [4.69, 9.17) is 0 Å². The van der Waals surface area contributed by atoms with Gasteiger partial charge in [-0.2, -0.15) is 9.15 Å². The predicted molar refractivity (Wildman–Crippen MR) is 191 cm³/mol. The van der Waals surface area contributed by atoms with Crippen LogP contribution in [-0.2, 0) is 20.4 Å². The molecule has 0 saturated heterocycles. The van der Waals surface area contributed by atoms with Gasteiger partial charge >= 0.3 is 0 Å². The molecule has 2 heterocycles. The highest BCUT2D eigenvalue weighted by Gasteiger charge is 2.58. The Balaban J connectivity index is 1.20. The van der Waals surface area contributed by atoms with Gasteiger partial charge in [0.05, 0.1) is 22.0 Å². The molecule has 6 heteroatoms. The molecular formula is C42H46N2O4+2. The number of nitrogens with zero attached hydrogens (tertiary/aromatic N) is 2. The summed E-state index contributed by atoms with van der Waals surface area (Å²) in [6.07, 6.45) is 4.02. The maximum absolute atomic E-state index is 13.9. The topological polar surface area (TPSA) is 80.6 Å². The second-order valence-electron chi connectivity index (χ2n) is 14.8. The third kappa shape index (κ3) is 4.44. The monoisotopic (exact) mass is 642 g/mol. The van der Waals surface area contributed by atoms with Crippen LogP contribution in [0.5, 0.6) is 0 Å². The summed E-state index contributed by atoms with van der Waals surface area (Å²) in [5.74, 6) is -1.37. The van der Waals surface area contributed by atoms with Gasteiger partial charge in [-0.1, -0.05) is 87.4 Å². The molecule has 3 aromatic rings. The number of ketones is 2. The normalized spacial score (nSPS) is 22.3. The Kier molecular flexibility index (Phi) is 7.69. The van der Waals surface area contributed by atoms with Crippen molar-refractivity contribution in [3.8, 4) is 0 Å². The highest BCUT2D eigenvalue weighted by Crippen LogP contribution is 2.50. The van der Waals surface area contributed by atoms with Crippen LogP contribution in [0.3, 0.4) is 0 Å². The molecule has 0 bridgehead atoms. The van der Waals surface area contributed by atoms with Gasteiger partial charge in [0, 0.05) is 36.1 Å². The van der Waals surface area contributed by atoms with E-state index in [0.717, 1.165) is 61.6 Å². The first kappa shape index (κ1) is 32.0. The van der Waals surface area contributed by atoms with E-state index in [2.05, 4.69) is 75.0 Å². The van der Waals surface area contributed by atoms with Crippen molar-refractivity contribution in [1.29, 1.82) is 0 Å². The highest BCUT2D eigenvalue weighted by atomic mass is 16.3. The molecule has 2 aliphatic carbocycles. The molecule has 2 atom stereocenters. The number of hydrogen-bond acceptors (Lipinski definition) is 4. The van der Waals surface area contributed by atoms with Crippen molar-refractivity contribution in [2.45, 2.75) is 78.1 Å². The van der Waals surface area contributed by atoms with Crippen molar-refractivity contribution in [1.82, 2.24) is 0 Å². The molecule has 6 nitrogen and oxygen atoms in total. The molecule has 2 unspecified atom stereocenters. The minimum atomic E-state index is -0.689. The molecule has 246 valence electrons. The van der Waals surface area contributed by atoms with Gasteiger partial charge in [-0.25, -0.2) is 0 Å². The molecule has 0 spiro atoms. The molecule has 7 rings (SSSR count). The van der Waals surface area contributed by atoms with Crippen LogP contribution >= 0.6 is 0 Å². The number of unbranched alkanes of at least 4 members (excludes halogenated alkanes) is 2. The standard InChI is InChI=1S/C42H44N2O4/c1-7-9-23-43-29-17-13-11-15-27(29)41(3,4)39(43)33-35(45)31(36(33)46)25-19-21-26(22-20-25)32-37(47)34(38(32)48)40-42(5,6)28-16-12-14-18-30(28)44(40)24-10-8-2/h11-22,33-34H,7-10,23-24H2,1-6H3/p+2. The van der Waals surface area contributed by atoms with Gasteiger partial charge in [0.1, 0.15) is 24.6 Å². The SMILES string of the molecule is CCCC[N+]1=C(C2C(=O)C(c3ccc(C4=C(O)C(C5=[N+](CCCC)c6ccccc6C5(C)C)C4=O)cc3)=C2O)C(C)(C)c2ccccc21. The molecule has 3 aromatic carbocycles. The molecule has 0 aromatic heterocycles. The van der Waals surface area contributed by atoms with Gasteiger partial charge in [0.25, 0.3) is 0 Å². The fourth-order valence-electron chi connectivity index (χ4n) is 8.65. The number of fused-ring (bicyclic) bond motifs is 2. The fraction of sp³-hybridized carbons (Fsp3) is 0.381. The van der Waals surface area contributed by atoms with Gasteiger partial charge < -0.3 is 10.2 Å².